The van der Waals surface area contributed by atoms with Gasteiger partial charge in [0.2, 0.25) is 0 Å². The van der Waals surface area contributed by atoms with Gasteiger partial charge in [0.05, 0.1) is 13.7 Å². The molecule has 2 rings (SSSR count). The van der Waals surface area contributed by atoms with Gasteiger partial charge in [-0.25, -0.2) is 0 Å². The van der Waals surface area contributed by atoms with Crippen molar-refractivity contribution in [2.45, 2.75) is 0 Å². The summed E-state index contributed by atoms with van der Waals surface area (Å²) in [4.78, 5) is 13.9. The third kappa shape index (κ3) is 4.49. The Labute approximate surface area is 138 Å². The molecule has 116 valence electrons. The molecule has 0 unspecified atom stereocenters. The van der Waals surface area contributed by atoms with Crippen molar-refractivity contribution in [3.8, 4) is 11.5 Å². The normalized spacial score (nSPS) is 10.1. The molecule has 0 bridgehead atoms. The van der Waals surface area contributed by atoms with E-state index >= 15 is 0 Å². The Bertz CT molecular complexity index is 611. The van der Waals surface area contributed by atoms with Crippen molar-refractivity contribution in [2.75, 3.05) is 27.3 Å². The fourth-order valence-corrected chi connectivity index (χ4v) is 2.15. The summed E-state index contributed by atoms with van der Waals surface area (Å²) in [6.07, 6.45) is 0. The number of rotatable bonds is 6. The van der Waals surface area contributed by atoms with E-state index in [4.69, 9.17) is 9.47 Å². The van der Waals surface area contributed by atoms with Crippen LogP contribution < -0.4 is 9.47 Å². The van der Waals surface area contributed by atoms with E-state index in [0.717, 1.165) is 16.0 Å². The molecule has 0 radical (unpaired) electrons. The Balaban J connectivity index is 1.84. The van der Waals surface area contributed by atoms with Crippen molar-refractivity contribution in [3.63, 3.8) is 0 Å². The van der Waals surface area contributed by atoms with Crippen molar-refractivity contribution in [1.82, 2.24) is 4.90 Å². The van der Waals surface area contributed by atoms with E-state index in [2.05, 4.69) is 15.9 Å². The molecule has 0 saturated carbocycles. The number of hydrogen-bond donors (Lipinski definition) is 0. The predicted octanol–water partition coefficient (Wildman–Crippen LogP) is 3.61. The van der Waals surface area contributed by atoms with Gasteiger partial charge in [0.25, 0.3) is 5.91 Å². The van der Waals surface area contributed by atoms with Crippen molar-refractivity contribution >= 4 is 21.8 Å². The van der Waals surface area contributed by atoms with Gasteiger partial charge in [0.1, 0.15) is 18.1 Å². The monoisotopic (exact) mass is 363 g/mol. The summed E-state index contributed by atoms with van der Waals surface area (Å²) < 4.78 is 11.7. The summed E-state index contributed by atoms with van der Waals surface area (Å²) in [6.45, 7) is 0.959. The standard InChI is InChI=1S/C17H18BrNO3/c1-19(11-12-22-16-9-5-14(18)6-10-16)17(20)13-3-7-15(21-2)8-4-13/h3-10H,11-12H2,1-2H3. The highest BCUT2D eigenvalue weighted by Crippen LogP contribution is 2.16. The molecule has 0 N–H and O–H groups in total. The third-order valence-electron chi connectivity index (χ3n) is 3.19. The molecule has 22 heavy (non-hydrogen) atoms. The molecule has 1 amide bonds. The smallest absolute Gasteiger partial charge is 0.253 e. The lowest BCUT2D eigenvalue weighted by Gasteiger charge is -2.17. The third-order valence-corrected chi connectivity index (χ3v) is 3.72. The molecule has 0 aliphatic carbocycles. The zero-order valence-corrected chi connectivity index (χ0v) is 14.2. The highest BCUT2D eigenvalue weighted by molar-refractivity contribution is 9.10. The lowest BCUT2D eigenvalue weighted by atomic mass is 10.2. The van der Waals surface area contributed by atoms with Gasteiger partial charge in [-0.05, 0) is 48.5 Å². The van der Waals surface area contributed by atoms with Gasteiger partial charge in [-0.3, -0.25) is 4.79 Å². The lowest BCUT2D eigenvalue weighted by molar-refractivity contribution is 0.0773. The maximum Gasteiger partial charge on any atom is 0.253 e. The molecular weight excluding hydrogens is 346 g/mol. The van der Waals surface area contributed by atoms with Gasteiger partial charge in [-0.2, -0.15) is 0 Å². The number of hydrogen-bond acceptors (Lipinski definition) is 3. The number of methoxy groups -OCH3 is 1. The number of amides is 1. The summed E-state index contributed by atoms with van der Waals surface area (Å²) in [5.41, 5.74) is 0.631. The number of ether oxygens (including phenoxy) is 2. The Morgan fingerprint density at radius 3 is 2.23 bits per heavy atom. The molecular formula is C17H18BrNO3. The van der Waals surface area contributed by atoms with Crippen LogP contribution in [0.25, 0.3) is 0 Å². The molecule has 5 heteroatoms. The molecule has 2 aromatic carbocycles. The predicted molar refractivity (Wildman–Crippen MR) is 89.6 cm³/mol. The van der Waals surface area contributed by atoms with Crippen molar-refractivity contribution < 1.29 is 14.3 Å². The molecule has 0 aliphatic rings. The van der Waals surface area contributed by atoms with E-state index in [0.29, 0.717) is 18.7 Å². The van der Waals surface area contributed by atoms with Crippen LogP contribution in [0.15, 0.2) is 53.0 Å². The van der Waals surface area contributed by atoms with Crippen LogP contribution in [-0.2, 0) is 0 Å². The maximum absolute atomic E-state index is 12.3. The number of carbonyl (C=O) groups excluding carboxylic acids is 1. The van der Waals surface area contributed by atoms with Gasteiger partial charge in [-0.1, -0.05) is 15.9 Å². The molecule has 0 atom stereocenters. The van der Waals surface area contributed by atoms with Crippen LogP contribution in [0.1, 0.15) is 10.4 Å². The van der Waals surface area contributed by atoms with Crippen molar-refractivity contribution in [1.29, 1.82) is 0 Å². The molecule has 0 aliphatic heterocycles. The van der Waals surface area contributed by atoms with Crippen LogP contribution in [0.4, 0.5) is 0 Å². The second-order valence-electron chi connectivity index (χ2n) is 4.76. The molecule has 0 saturated heterocycles. The highest BCUT2D eigenvalue weighted by Gasteiger charge is 2.11. The lowest BCUT2D eigenvalue weighted by Crippen LogP contribution is -2.30. The molecule has 4 nitrogen and oxygen atoms in total. The average Bonchev–Trinajstić information content (AvgIpc) is 2.56. The number of carbonyl (C=O) groups is 1. The van der Waals surface area contributed by atoms with Crippen LogP contribution in [0.5, 0.6) is 11.5 Å². The molecule has 0 aromatic heterocycles. The SMILES string of the molecule is COc1ccc(C(=O)N(C)CCOc2ccc(Br)cc2)cc1. The minimum atomic E-state index is -0.0398. The second-order valence-corrected chi connectivity index (χ2v) is 5.67. The zero-order chi connectivity index (χ0) is 15.9. The van der Waals surface area contributed by atoms with E-state index in [1.165, 1.54) is 0 Å². The van der Waals surface area contributed by atoms with Crippen molar-refractivity contribution in [3.05, 3.63) is 58.6 Å². The largest absolute Gasteiger partial charge is 0.497 e. The Kier molecular flexibility index (Phi) is 5.83. The van der Waals surface area contributed by atoms with Crippen LogP contribution in [-0.4, -0.2) is 38.1 Å². The van der Waals surface area contributed by atoms with Crippen LogP contribution in [0, 0.1) is 0 Å². The van der Waals surface area contributed by atoms with Crippen molar-refractivity contribution in [2.24, 2.45) is 0 Å². The average molecular weight is 364 g/mol. The van der Waals surface area contributed by atoms with Gasteiger partial charge >= 0.3 is 0 Å². The molecule has 0 fully saturated rings. The topological polar surface area (TPSA) is 38.8 Å². The van der Waals surface area contributed by atoms with E-state index in [1.54, 1.807) is 43.3 Å². The summed E-state index contributed by atoms with van der Waals surface area (Å²) in [5, 5.41) is 0. The van der Waals surface area contributed by atoms with Crippen LogP contribution in [0.3, 0.4) is 0 Å². The molecule has 0 heterocycles. The summed E-state index contributed by atoms with van der Waals surface area (Å²) in [7, 11) is 3.36. The number of benzene rings is 2. The Hall–Kier alpha value is -2.01. The first-order valence-electron chi connectivity index (χ1n) is 6.88. The van der Waals surface area contributed by atoms with Crippen LogP contribution in [0.2, 0.25) is 0 Å². The second kappa shape index (κ2) is 7.84. The number of halogens is 1. The summed E-state index contributed by atoms with van der Waals surface area (Å²) >= 11 is 3.37. The number of likely N-dealkylation sites (N-methyl/N-ethyl adjacent to an activating group) is 1. The van der Waals surface area contributed by atoms with Crippen LogP contribution >= 0.6 is 15.9 Å². The van der Waals surface area contributed by atoms with E-state index in [-0.39, 0.29) is 5.91 Å². The summed E-state index contributed by atoms with van der Waals surface area (Å²) in [5.74, 6) is 1.48. The number of nitrogens with zero attached hydrogens (tertiary/aromatic N) is 1. The fraction of sp³-hybridized carbons (Fsp3) is 0.235. The fourth-order valence-electron chi connectivity index (χ4n) is 1.89. The summed E-state index contributed by atoms with van der Waals surface area (Å²) in [6, 6.07) is 14.7. The highest BCUT2D eigenvalue weighted by atomic mass is 79.9. The molecule has 0 spiro atoms. The minimum absolute atomic E-state index is 0.0398. The van der Waals surface area contributed by atoms with E-state index < -0.39 is 0 Å². The van der Waals surface area contributed by atoms with Gasteiger partial charge < -0.3 is 14.4 Å². The van der Waals surface area contributed by atoms with Gasteiger partial charge in [0, 0.05) is 17.1 Å². The zero-order valence-electron chi connectivity index (χ0n) is 12.6. The van der Waals surface area contributed by atoms with E-state index in [1.807, 2.05) is 24.3 Å². The quantitative estimate of drug-likeness (QED) is 0.786. The maximum atomic E-state index is 12.3. The van der Waals surface area contributed by atoms with Gasteiger partial charge in [-0.15, -0.1) is 0 Å². The van der Waals surface area contributed by atoms with Gasteiger partial charge in [0.15, 0.2) is 0 Å². The first-order chi connectivity index (χ1) is 10.6. The molecule has 2 aromatic rings. The first kappa shape index (κ1) is 16.4. The minimum Gasteiger partial charge on any atom is -0.497 e. The van der Waals surface area contributed by atoms with E-state index in [9.17, 15) is 4.79 Å². The first-order valence-corrected chi connectivity index (χ1v) is 7.67. The Morgan fingerprint density at radius 2 is 1.64 bits per heavy atom. The Morgan fingerprint density at radius 1 is 1.05 bits per heavy atom.